The maximum absolute atomic E-state index is 13.5. The van der Waals surface area contributed by atoms with Gasteiger partial charge in [-0.2, -0.15) is 0 Å². The Bertz CT molecular complexity index is 350. The van der Waals surface area contributed by atoms with Crippen LogP contribution in [-0.4, -0.2) is 19.3 Å². The Morgan fingerprint density at radius 3 is 2.44 bits per heavy atom. The maximum Gasteiger partial charge on any atom is 0.150 e. The van der Waals surface area contributed by atoms with Gasteiger partial charge in [-0.25, -0.2) is 8.78 Å². The molecule has 1 aromatic carbocycles. The lowest BCUT2D eigenvalue weighted by atomic mass is 10.2. The van der Waals surface area contributed by atoms with Gasteiger partial charge in [0.15, 0.2) is 0 Å². The molecule has 0 radical (unpaired) electrons. The van der Waals surface area contributed by atoms with Crippen LogP contribution in [0.3, 0.4) is 0 Å². The Morgan fingerprint density at radius 1 is 1.31 bits per heavy atom. The highest BCUT2D eigenvalue weighted by Crippen LogP contribution is 2.27. The number of nitrogens with one attached hydrogen (secondary N) is 1. The minimum atomic E-state index is -0.623. The molecule has 90 valence electrons. The van der Waals surface area contributed by atoms with Gasteiger partial charge in [-0.05, 0) is 35.8 Å². The number of rotatable bonds is 4. The zero-order valence-electron chi connectivity index (χ0n) is 9.35. The first-order valence-corrected chi connectivity index (χ1v) is 5.69. The first-order chi connectivity index (χ1) is 7.45. The fourth-order valence-corrected chi connectivity index (χ4v) is 1.75. The van der Waals surface area contributed by atoms with Crippen LogP contribution in [0.25, 0.3) is 0 Å². The molecule has 16 heavy (non-hydrogen) atoms. The number of hydrogen-bond acceptors (Lipinski definition) is 2. The fourth-order valence-electron chi connectivity index (χ4n) is 1.23. The van der Waals surface area contributed by atoms with E-state index in [1.54, 1.807) is 7.11 Å². The average Bonchev–Trinajstić information content (AvgIpc) is 2.21. The van der Waals surface area contributed by atoms with Crippen molar-refractivity contribution in [3.8, 4) is 0 Å². The summed E-state index contributed by atoms with van der Waals surface area (Å²) in [5, 5.41) is 2.94. The molecule has 2 atom stereocenters. The van der Waals surface area contributed by atoms with Crippen molar-refractivity contribution < 1.29 is 13.5 Å². The number of hydrogen-bond donors (Lipinski definition) is 1. The second-order valence-corrected chi connectivity index (χ2v) is 4.47. The number of anilines is 1. The van der Waals surface area contributed by atoms with Gasteiger partial charge in [-0.15, -0.1) is 0 Å². The molecular weight excluding hydrogens is 280 g/mol. The first-order valence-electron chi connectivity index (χ1n) is 4.89. The standard InChI is InChI=1S/C11H14BrF2NO/c1-6(7(2)16-3)15-11-9(12)4-8(13)5-10(11)14/h4-7,15H,1-3H3. The Morgan fingerprint density at radius 2 is 1.94 bits per heavy atom. The van der Waals surface area contributed by atoms with Crippen molar-refractivity contribution in [2.24, 2.45) is 0 Å². The van der Waals surface area contributed by atoms with E-state index >= 15 is 0 Å². The third-order valence-corrected chi connectivity index (χ3v) is 3.08. The summed E-state index contributed by atoms with van der Waals surface area (Å²) in [6.07, 6.45) is -0.0728. The summed E-state index contributed by atoms with van der Waals surface area (Å²) >= 11 is 3.11. The van der Waals surface area contributed by atoms with Crippen LogP contribution >= 0.6 is 15.9 Å². The van der Waals surface area contributed by atoms with E-state index in [1.165, 1.54) is 6.07 Å². The van der Waals surface area contributed by atoms with E-state index in [-0.39, 0.29) is 17.8 Å². The summed E-state index contributed by atoms with van der Waals surface area (Å²) in [6, 6.07) is 1.98. The molecule has 1 rings (SSSR count). The van der Waals surface area contributed by atoms with E-state index in [0.717, 1.165) is 6.07 Å². The molecule has 0 aliphatic rings. The summed E-state index contributed by atoms with van der Waals surface area (Å²) < 4.78 is 31.8. The molecular formula is C11H14BrF2NO. The maximum atomic E-state index is 13.5. The topological polar surface area (TPSA) is 21.3 Å². The molecule has 0 heterocycles. The Kier molecular flexibility index (Phi) is 4.68. The second-order valence-electron chi connectivity index (χ2n) is 3.62. The molecule has 1 aromatic rings. The van der Waals surface area contributed by atoms with Gasteiger partial charge in [-0.1, -0.05) is 0 Å². The fraction of sp³-hybridized carbons (Fsp3) is 0.455. The third kappa shape index (κ3) is 3.15. The first kappa shape index (κ1) is 13.4. The molecule has 0 amide bonds. The molecule has 0 fully saturated rings. The van der Waals surface area contributed by atoms with Gasteiger partial charge in [0.1, 0.15) is 11.6 Å². The molecule has 0 saturated carbocycles. The minimum absolute atomic E-state index is 0.0728. The lowest BCUT2D eigenvalue weighted by molar-refractivity contribution is 0.106. The Hall–Kier alpha value is -0.680. The largest absolute Gasteiger partial charge is 0.380 e. The lowest BCUT2D eigenvalue weighted by Gasteiger charge is -2.22. The summed E-state index contributed by atoms with van der Waals surface area (Å²) in [7, 11) is 1.58. The summed E-state index contributed by atoms with van der Waals surface area (Å²) in [5.41, 5.74) is 0.248. The van der Waals surface area contributed by atoms with Crippen LogP contribution < -0.4 is 5.32 Å². The van der Waals surface area contributed by atoms with Gasteiger partial charge >= 0.3 is 0 Å². The molecule has 2 nitrogen and oxygen atoms in total. The van der Waals surface area contributed by atoms with Crippen molar-refractivity contribution in [2.45, 2.75) is 26.0 Å². The van der Waals surface area contributed by atoms with Crippen LogP contribution in [0.5, 0.6) is 0 Å². The van der Waals surface area contributed by atoms with Crippen LogP contribution in [0, 0.1) is 11.6 Å². The predicted octanol–water partition coefficient (Wildman–Crippen LogP) is 3.56. The van der Waals surface area contributed by atoms with Crippen molar-refractivity contribution >= 4 is 21.6 Å². The van der Waals surface area contributed by atoms with Gasteiger partial charge in [0.25, 0.3) is 0 Å². The average molecular weight is 294 g/mol. The second kappa shape index (κ2) is 5.59. The zero-order valence-corrected chi connectivity index (χ0v) is 10.9. The smallest absolute Gasteiger partial charge is 0.150 e. The highest BCUT2D eigenvalue weighted by Gasteiger charge is 2.15. The lowest BCUT2D eigenvalue weighted by Crippen LogP contribution is -2.30. The minimum Gasteiger partial charge on any atom is -0.380 e. The summed E-state index contributed by atoms with van der Waals surface area (Å²) in [4.78, 5) is 0. The quantitative estimate of drug-likeness (QED) is 0.916. The normalized spacial score (nSPS) is 14.6. The number of ether oxygens (including phenoxy) is 1. The van der Waals surface area contributed by atoms with Crippen LogP contribution in [-0.2, 0) is 4.74 Å². The van der Waals surface area contributed by atoms with Gasteiger partial charge in [0, 0.05) is 23.7 Å². The molecule has 0 aromatic heterocycles. The van der Waals surface area contributed by atoms with Crippen LogP contribution in [0.2, 0.25) is 0 Å². The van der Waals surface area contributed by atoms with E-state index in [0.29, 0.717) is 4.47 Å². The van der Waals surface area contributed by atoms with Crippen molar-refractivity contribution in [3.63, 3.8) is 0 Å². The number of methoxy groups -OCH3 is 1. The monoisotopic (exact) mass is 293 g/mol. The molecule has 0 spiro atoms. The SMILES string of the molecule is COC(C)C(C)Nc1c(F)cc(F)cc1Br. The van der Waals surface area contributed by atoms with E-state index in [4.69, 9.17) is 4.74 Å². The van der Waals surface area contributed by atoms with E-state index < -0.39 is 11.6 Å². The number of benzene rings is 1. The molecule has 2 unspecified atom stereocenters. The van der Waals surface area contributed by atoms with Gasteiger partial charge in [-0.3, -0.25) is 0 Å². The van der Waals surface area contributed by atoms with E-state index in [9.17, 15) is 8.78 Å². The van der Waals surface area contributed by atoms with Crippen molar-refractivity contribution in [2.75, 3.05) is 12.4 Å². The highest BCUT2D eigenvalue weighted by atomic mass is 79.9. The van der Waals surface area contributed by atoms with E-state index in [1.807, 2.05) is 13.8 Å². The highest BCUT2D eigenvalue weighted by molar-refractivity contribution is 9.10. The predicted molar refractivity (Wildman–Crippen MR) is 63.6 cm³/mol. The van der Waals surface area contributed by atoms with Gasteiger partial charge in [0.2, 0.25) is 0 Å². The van der Waals surface area contributed by atoms with Crippen molar-refractivity contribution in [1.29, 1.82) is 0 Å². The molecule has 0 aliphatic carbocycles. The molecule has 1 N–H and O–H groups in total. The molecule has 0 aliphatic heterocycles. The molecule has 0 saturated heterocycles. The Labute approximate surface area is 102 Å². The third-order valence-electron chi connectivity index (χ3n) is 2.45. The summed E-state index contributed by atoms with van der Waals surface area (Å²) in [6.45, 7) is 3.73. The number of halogens is 3. The van der Waals surface area contributed by atoms with Crippen LogP contribution in [0.1, 0.15) is 13.8 Å². The van der Waals surface area contributed by atoms with E-state index in [2.05, 4.69) is 21.2 Å². The van der Waals surface area contributed by atoms with Gasteiger partial charge < -0.3 is 10.1 Å². The van der Waals surface area contributed by atoms with Crippen LogP contribution in [0.4, 0.5) is 14.5 Å². The van der Waals surface area contributed by atoms with Gasteiger partial charge in [0.05, 0.1) is 11.8 Å². The molecule has 0 bridgehead atoms. The zero-order chi connectivity index (χ0) is 12.3. The van der Waals surface area contributed by atoms with Crippen molar-refractivity contribution in [3.05, 3.63) is 28.2 Å². The van der Waals surface area contributed by atoms with Crippen molar-refractivity contribution in [1.82, 2.24) is 0 Å². The molecule has 5 heteroatoms. The Balaban J connectivity index is 2.89. The van der Waals surface area contributed by atoms with Crippen LogP contribution in [0.15, 0.2) is 16.6 Å². The summed E-state index contributed by atoms with van der Waals surface area (Å²) in [5.74, 6) is -1.23.